The normalized spacial score (nSPS) is 15.0. The lowest BCUT2D eigenvalue weighted by atomic mass is 9.72. The van der Waals surface area contributed by atoms with Crippen LogP contribution in [-0.2, 0) is 19.4 Å². The van der Waals surface area contributed by atoms with Gasteiger partial charge in [-0.15, -0.1) is 11.3 Å². The van der Waals surface area contributed by atoms with Gasteiger partial charge in [0.05, 0.1) is 5.56 Å². The molecule has 2 amide bonds. The first-order valence-corrected chi connectivity index (χ1v) is 13.2. The first-order chi connectivity index (χ1) is 17.1. The fourth-order valence-corrected chi connectivity index (χ4v) is 6.05. The maximum Gasteiger partial charge on any atom is 0.257 e. The maximum atomic E-state index is 12.9. The van der Waals surface area contributed by atoms with E-state index >= 15 is 0 Å². The van der Waals surface area contributed by atoms with Crippen molar-refractivity contribution in [1.82, 2.24) is 5.32 Å². The average Bonchev–Trinajstić information content (AvgIpc) is 3.20. The Kier molecular flexibility index (Phi) is 7.76. The third kappa shape index (κ3) is 6.12. The highest BCUT2D eigenvalue weighted by Crippen LogP contribution is 2.44. The second-order valence-corrected chi connectivity index (χ2v) is 11.6. The Hall–Kier alpha value is -3.23. The Labute approximate surface area is 221 Å². The van der Waals surface area contributed by atoms with Crippen molar-refractivity contribution in [3.63, 3.8) is 0 Å². The topological polar surface area (TPSA) is 93.4 Å². The van der Waals surface area contributed by atoms with Crippen LogP contribution >= 0.6 is 23.6 Å². The number of benzene rings is 2. The number of rotatable bonds is 6. The van der Waals surface area contributed by atoms with Crippen LogP contribution in [0.15, 0.2) is 54.6 Å². The van der Waals surface area contributed by atoms with Crippen molar-refractivity contribution in [1.29, 1.82) is 0 Å². The number of anilines is 1. The summed E-state index contributed by atoms with van der Waals surface area (Å²) in [7, 11) is 0. The first-order valence-electron chi connectivity index (χ1n) is 11.9. The SMILES string of the molecule is CC(C)(C)[C@H]1CCc2c(sc(NC(=S)NC(=O)c3cccc(OCc4ccccc4)c3)c2C(N)=O)C1. The number of amides is 2. The Bertz CT molecular complexity index is 1280. The monoisotopic (exact) mass is 521 g/mol. The van der Waals surface area contributed by atoms with Crippen molar-refractivity contribution in [3.05, 3.63) is 81.7 Å². The first kappa shape index (κ1) is 25.9. The van der Waals surface area contributed by atoms with E-state index in [-0.39, 0.29) is 16.4 Å². The minimum absolute atomic E-state index is 0.115. The molecule has 36 heavy (non-hydrogen) atoms. The molecule has 6 nitrogen and oxygen atoms in total. The molecular formula is C28H31N3O3S2. The van der Waals surface area contributed by atoms with Crippen molar-refractivity contribution >= 4 is 45.5 Å². The number of ether oxygens (including phenoxy) is 1. The second-order valence-electron chi connectivity index (χ2n) is 10.1. The molecule has 0 fully saturated rings. The number of nitrogens with two attached hydrogens (primary N) is 1. The van der Waals surface area contributed by atoms with E-state index in [0.717, 1.165) is 35.3 Å². The molecule has 1 atom stereocenters. The van der Waals surface area contributed by atoms with E-state index in [9.17, 15) is 9.59 Å². The summed E-state index contributed by atoms with van der Waals surface area (Å²) in [5.41, 5.74) is 8.87. The summed E-state index contributed by atoms with van der Waals surface area (Å²) in [6, 6.07) is 16.7. The van der Waals surface area contributed by atoms with Gasteiger partial charge in [0.1, 0.15) is 17.4 Å². The summed E-state index contributed by atoms with van der Waals surface area (Å²) in [6.45, 7) is 7.14. The molecule has 0 bridgehead atoms. The largest absolute Gasteiger partial charge is 0.489 e. The molecule has 1 aromatic heterocycles. The summed E-state index contributed by atoms with van der Waals surface area (Å²) < 4.78 is 5.83. The van der Waals surface area contributed by atoms with Gasteiger partial charge in [-0.3, -0.25) is 14.9 Å². The molecule has 4 rings (SSSR count). The van der Waals surface area contributed by atoms with Gasteiger partial charge in [0.15, 0.2) is 5.11 Å². The minimum atomic E-state index is -0.485. The third-order valence-corrected chi connectivity index (χ3v) is 7.91. The predicted molar refractivity (Wildman–Crippen MR) is 149 cm³/mol. The van der Waals surface area contributed by atoms with Crippen LogP contribution in [0.2, 0.25) is 0 Å². The van der Waals surface area contributed by atoms with E-state index in [1.807, 2.05) is 30.3 Å². The highest BCUT2D eigenvalue weighted by atomic mass is 32.1. The van der Waals surface area contributed by atoms with Crippen LogP contribution in [0.25, 0.3) is 0 Å². The van der Waals surface area contributed by atoms with Crippen LogP contribution in [0.5, 0.6) is 5.75 Å². The molecule has 4 N–H and O–H groups in total. The van der Waals surface area contributed by atoms with Crippen LogP contribution in [-0.4, -0.2) is 16.9 Å². The van der Waals surface area contributed by atoms with E-state index in [2.05, 4.69) is 31.4 Å². The molecule has 188 valence electrons. The molecule has 0 saturated carbocycles. The summed E-state index contributed by atoms with van der Waals surface area (Å²) in [5, 5.41) is 6.46. The Morgan fingerprint density at radius 2 is 1.89 bits per heavy atom. The molecule has 0 radical (unpaired) electrons. The van der Waals surface area contributed by atoms with E-state index in [1.54, 1.807) is 24.3 Å². The number of primary amides is 1. The Morgan fingerprint density at radius 1 is 1.14 bits per heavy atom. The van der Waals surface area contributed by atoms with Crippen molar-refractivity contribution in [2.24, 2.45) is 17.1 Å². The molecule has 1 aliphatic carbocycles. The zero-order chi connectivity index (χ0) is 25.9. The lowest BCUT2D eigenvalue weighted by Gasteiger charge is -2.33. The Morgan fingerprint density at radius 3 is 2.58 bits per heavy atom. The van der Waals surface area contributed by atoms with E-state index in [0.29, 0.717) is 34.4 Å². The fourth-order valence-electron chi connectivity index (χ4n) is 4.45. The van der Waals surface area contributed by atoms with Gasteiger partial charge in [-0.2, -0.15) is 0 Å². The average molecular weight is 522 g/mol. The minimum Gasteiger partial charge on any atom is -0.489 e. The van der Waals surface area contributed by atoms with Gasteiger partial charge in [-0.05, 0) is 72.1 Å². The molecule has 3 aromatic rings. The maximum absolute atomic E-state index is 12.9. The molecule has 0 spiro atoms. The van der Waals surface area contributed by atoms with Crippen molar-refractivity contribution in [2.75, 3.05) is 5.32 Å². The van der Waals surface area contributed by atoms with E-state index in [1.165, 1.54) is 11.3 Å². The van der Waals surface area contributed by atoms with Crippen molar-refractivity contribution in [2.45, 2.75) is 46.6 Å². The van der Waals surface area contributed by atoms with Crippen molar-refractivity contribution in [3.8, 4) is 5.75 Å². The third-order valence-electron chi connectivity index (χ3n) is 6.54. The number of thiophene rings is 1. The summed E-state index contributed by atoms with van der Waals surface area (Å²) in [6.07, 6.45) is 2.72. The van der Waals surface area contributed by atoms with Crippen LogP contribution < -0.4 is 21.1 Å². The standard InChI is InChI=1S/C28H31N3O3S2/c1-28(2,3)19-12-13-21-22(15-19)36-26(23(21)24(29)32)31-27(35)30-25(33)18-10-7-11-20(14-18)34-16-17-8-5-4-6-9-17/h4-11,14,19H,12-13,15-16H2,1-3H3,(H2,29,32)(H2,30,31,33,35)/t19-/m0/s1. The van der Waals surface area contributed by atoms with Gasteiger partial charge in [0.2, 0.25) is 0 Å². The second kappa shape index (κ2) is 10.8. The highest BCUT2D eigenvalue weighted by Gasteiger charge is 2.33. The van der Waals surface area contributed by atoms with Crippen LogP contribution in [0.3, 0.4) is 0 Å². The highest BCUT2D eigenvalue weighted by molar-refractivity contribution is 7.80. The summed E-state index contributed by atoms with van der Waals surface area (Å²) >= 11 is 6.91. The molecule has 1 heterocycles. The molecule has 8 heteroatoms. The summed E-state index contributed by atoms with van der Waals surface area (Å²) in [4.78, 5) is 26.3. The smallest absolute Gasteiger partial charge is 0.257 e. The van der Waals surface area contributed by atoms with Gasteiger partial charge in [0.25, 0.3) is 11.8 Å². The van der Waals surface area contributed by atoms with Gasteiger partial charge in [0, 0.05) is 10.4 Å². The van der Waals surface area contributed by atoms with Gasteiger partial charge in [-0.1, -0.05) is 57.2 Å². The van der Waals surface area contributed by atoms with Crippen LogP contribution in [0, 0.1) is 11.3 Å². The van der Waals surface area contributed by atoms with Crippen molar-refractivity contribution < 1.29 is 14.3 Å². The van der Waals surface area contributed by atoms with E-state index in [4.69, 9.17) is 22.7 Å². The number of nitrogens with one attached hydrogen (secondary N) is 2. The molecule has 0 aliphatic heterocycles. The van der Waals surface area contributed by atoms with Crippen LogP contribution in [0.4, 0.5) is 5.00 Å². The zero-order valence-electron chi connectivity index (χ0n) is 20.7. The summed E-state index contributed by atoms with van der Waals surface area (Å²) in [5.74, 6) is 0.259. The number of hydrogen-bond acceptors (Lipinski definition) is 5. The lowest BCUT2D eigenvalue weighted by molar-refractivity contribution is 0.0975. The number of thiocarbonyl (C=S) groups is 1. The predicted octanol–water partition coefficient (Wildman–Crippen LogP) is 5.70. The quantitative estimate of drug-likeness (QED) is 0.362. The fraction of sp³-hybridized carbons (Fsp3) is 0.321. The number of carbonyl (C=O) groups excluding carboxylic acids is 2. The number of carbonyl (C=O) groups is 2. The molecular weight excluding hydrogens is 490 g/mol. The zero-order valence-corrected chi connectivity index (χ0v) is 22.4. The van der Waals surface area contributed by atoms with Gasteiger partial charge >= 0.3 is 0 Å². The van der Waals surface area contributed by atoms with Crippen LogP contribution in [0.1, 0.15) is 63.9 Å². The van der Waals surface area contributed by atoms with Gasteiger partial charge < -0.3 is 15.8 Å². The lowest BCUT2D eigenvalue weighted by Crippen LogP contribution is -2.34. The molecule has 0 saturated heterocycles. The van der Waals surface area contributed by atoms with Gasteiger partial charge in [-0.25, -0.2) is 0 Å². The Balaban J connectivity index is 1.42. The molecule has 0 unspecified atom stereocenters. The van der Waals surface area contributed by atoms with E-state index < -0.39 is 5.91 Å². The molecule has 1 aliphatic rings. The number of hydrogen-bond donors (Lipinski definition) is 3. The molecule has 2 aromatic carbocycles. The number of fused-ring (bicyclic) bond motifs is 1.